The van der Waals surface area contributed by atoms with E-state index in [2.05, 4.69) is 0 Å². The lowest BCUT2D eigenvalue weighted by atomic mass is 10.2. The second-order valence-electron chi connectivity index (χ2n) is 4.60. The highest BCUT2D eigenvalue weighted by Crippen LogP contribution is 2.24. The van der Waals surface area contributed by atoms with Gasteiger partial charge in [0.1, 0.15) is 5.82 Å². The number of sulfonamides is 1. The molecule has 1 aromatic rings. The molecule has 0 fully saturated rings. The maximum atomic E-state index is 13.3. The molecule has 0 saturated carbocycles. The van der Waals surface area contributed by atoms with Crippen molar-refractivity contribution in [3.63, 3.8) is 0 Å². The van der Waals surface area contributed by atoms with Crippen molar-refractivity contribution in [2.24, 2.45) is 0 Å². The van der Waals surface area contributed by atoms with Gasteiger partial charge in [-0.3, -0.25) is 0 Å². The lowest BCUT2D eigenvalue weighted by molar-refractivity contribution is 0.353. The summed E-state index contributed by atoms with van der Waals surface area (Å²) in [5, 5.41) is 0. The van der Waals surface area contributed by atoms with Crippen molar-refractivity contribution < 1.29 is 12.8 Å². The molecular weight excluding hydrogens is 289 g/mol. The number of alkyl halides is 1. The Labute approximate surface area is 119 Å². The third-order valence-corrected chi connectivity index (χ3v) is 5.23. The van der Waals surface area contributed by atoms with Gasteiger partial charge < -0.3 is 0 Å². The van der Waals surface area contributed by atoms with E-state index >= 15 is 0 Å². The standard InChI is InChI=1S/C13H19ClFNO2S/c1-4-7-16(10(2)3)19(17,18)13-8-12(15)6-5-11(13)9-14/h5-6,8,10H,4,7,9H2,1-3H3. The number of nitrogens with zero attached hydrogens (tertiary/aromatic N) is 1. The first-order chi connectivity index (χ1) is 8.84. The Morgan fingerprint density at radius 3 is 2.47 bits per heavy atom. The van der Waals surface area contributed by atoms with Crippen LogP contribution in [-0.4, -0.2) is 25.3 Å². The van der Waals surface area contributed by atoms with Crippen LogP contribution >= 0.6 is 11.6 Å². The normalized spacial score (nSPS) is 12.4. The molecule has 3 nitrogen and oxygen atoms in total. The van der Waals surface area contributed by atoms with Gasteiger partial charge in [-0.1, -0.05) is 13.0 Å². The van der Waals surface area contributed by atoms with Crippen molar-refractivity contribution >= 4 is 21.6 Å². The van der Waals surface area contributed by atoms with Crippen LogP contribution in [0, 0.1) is 5.82 Å². The Morgan fingerprint density at radius 1 is 1.37 bits per heavy atom. The van der Waals surface area contributed by atoms with E-state index < -0.39 is 15.8 Å². The summed E-state index contributed by atoms with van der Waals surface area (Å²) in [5.74, 6) is -0.542. The fourth-order valence-electron chi connectivity index (χ4n) is 1.88. The molecule has 0 aliphatic rings. The highest BCUT2D eigenvalue weighted by atomic mass is 35.5. The van der Waals surface area contributed by atoms with Crippen molar-refractivity contribution in [3.8, 4) is 0 Å². The van der Waals surface area contributed by atoms with Crippen molar-refractivity contribution in [3.05, 3.63) is 29.6 Å². The van der Waals surface area contributed by atoms with E-state index in [0.29, 0.717) is 18.5 Å². The number of benzene rings is 1. The molecule has 0 bridgehead atoms. The SMILES string of the molecule is CCCN(C(C)C)S(=O)(=O)c1cc(F)ccc1CCl. The summed E-state index contributed by atoms with van der Waals surface area (Å²) in [6.07, 6.45) is 0.697. The predicted octanol–water partition coefficient (Wildman–Crippen LogP) is 3.37. The summed E-state index contributed by atoms with van der Waals surface area (Å²) >= 11 is 5.75. The Morgan fingerprint density at radius 2 is 2.00 bits per heavy atom. The van der Waals surface area contributed by atoms with Gasteiger partial charge in [0.2, 0.25) is 10.0 Å². The first-order valence-corrected chi connectivity index (χ1v) is 8.18. The minimum Gasteiger partial charge on any atom is -0.207 e. The second kappa shape index (κ2) is 6.68. The van der Waals surface area contributed by atoms with Crippen molar-refractivity contribution in [1.82, 2.24) is 4.31 Å². The molecule has 0 N–H and O–H groups in total. The van der Waals surface area contributed by atoms with Crippen LogP contribution in [0.4, 0.5) is 4.39 Å². The van der Waals surface area contributed by atoms with Gasteiger partial charge in [0, 0.05) is 18.5 Å². The fraction of sp³-hybridized carbons (Fsp3) is 0.538. The van der Waals surface area contributed by atoms with Crippen molar-refractivity contribution in [2.75, 3.05) is 6.54 Å². The van der Waals surface area contributed by atoms with Gasteiger partial charge in [0.05, 0.1) is 4.90 Å². The molecule has 108 valence electrons. The minimum absolute atomic E-state index is 0.0346. The largest absolute Gasteiger partial charge is 0.243 e. The zero-order chi connectivity index (χ0) is 14.6. The molecule has 0 aliphatic carbocycles. The number of rotatable bonds is 6. The van der Waals surface area contributed by atoms with E-state index in [1.54, 1.807) is 13.8 Å². The van der Waals surface area contributed by atoms with E-state index in [4.69, 9.17) is 11.6 Å². The van der Waals surface area contributed by atoms with Crippen molar-refractivity contribution in [1.29, 1.82) is 0 Å². The second-order valence-corrected chi connectivity index (χ2v) is 6.72. The van der Waals surface area contributed by atoms with Gasteiger partial charge in [-0.2, -0.15) is 4.31 Å². The van der Waals surface area contributed by atoms with Gasteiger partial charge in [-0.25, -0.2) is 12.8 Å². The third-order valence-electron chi connectivity index (χ3n) is 2.78. The van der Waals surface area contributed by atoms with Gasteiger partial charge >= 0.3 is 0 Å². The summed E-state index contributed by atoms with van der Waals surface area (Å²) in [4.78, 5) is -0.0374. The zero-order valence-electron chi connectivity index (χ0n) is 11.4. The van der Waals surface area contributed by atoms with Crippen LogP contribution in [0.15, 0.2) is 23.1 Å². The maximum Gasteiger partial charge on any atom is 0.243 e. The van der Waals surface area contributed by atoms with Gasteiger partial charge in [-0.15, -0.1) is 11.6 Å². The summed E-state index contributed by atoms with van der Waals surface area (Å²) in [7, 11) is -3.72. The smallest absolute Gasteiger partial charge is 0.207 e. The summed E-state index contributed by atoms with van der Waals surface area (Å²) in [6, 6.07) is 3.49. The molecule has 0 heterocycles. The van der Waals surface area contributed by atoms with Gasteiger partial charge in [0.15, 0.2) is 0 Å². The summed E-state index contributed by atoms with van der Waals surface area (Å²) < 4.78 is 39.9. The molecule has 0 radical (unpaired) electrons. The lowest BCUT2D eigenvalue weighted by Gasteiger charge is -2.26. The van der Waals surface area contributed by atoms with Crippen LogP contribution in [-0.2, 0) is 15.9 Å². The van der Waals surface area contributed by atoms with Crippen LogP contribution in [0.5, 0.6) is 0 Å². The number of halogens is 2. The van der Waals surface area contributed by atoms with Crippen LogP contribution in [0.25, 0.3) is 0 Å². The molecule has 0 saturated heterocycles. The van der Waals surface area contributed by atoms with E-state index in [9.17, 15) is 12.8 Å². The van der Waals surface area contributed by atoms with E-state index in [1.165, 1.54) is 16.4 Å². The predicted molar refractivity (Wildman–Crippen MR) is 75.3 cm³/mol. The topological polar surface area (TPSA) is 37.4 Å². The summed E-state index contributed by atoms with van der Waals surface area (Å²) in [5.41, 5.74) is 0.421. The molecule has 0 spiro atoms. The molecule has 0 aromatic heterocycles. The Bertz CT molecular complexity index is 531. The maximum absolute atomic E-state index is 13.3. The van der Waals surface area contributed by atoms with Crippen LogP contribution in [0.3, 0.4) is 0 Å². The summed E-state index contributed by atoms with van der Waals surface area (Å²) in [6.45, 7) is 5.90. The molecule has 1 aromatic carbocycles. The Balaban J connectivity index is 3.36. The number of hydrogen-bond donors (Lipinski definition) is 0. The third kappa shape index (κ3) is 3.68. The fourth-order valence-corrected chi connectivity index (χ4v) is 4.16. The first-order valence-electron chi connectivity index (χ1n) is 6.20. The Kier molecular flexibility index (Phi) is 5.77. The van der Waals surface area contributed by atoms with Crippen LogP contribution in [0.1, 0.15) is 32.8 Å². The van der Waals surface area contributed by atoms with E-state index in [0.717, 1.165) is 6.07 Å². The number of hydrogen-bond acceptors (Lipinski definition) is 2. The zero-order valence-corrected chi connectivity index (χ0v) is 12.9. The first kappa shape index (κ1) is 16.4. The van der Waals surface area contributed by atoms with Crippen LogP contribution in [0.2, 0.25) is 0 Å². The molecule has 0 atom stereocenters. The average molecular weight is 308 g/mol. The highest BCUT2D eigenvalue weighted by Gasteiger charge is 2.28. The molecule has 19 heavy (non-hydrogen) atoms. The Hall–Kier alpha value is -0.650. The van der Waals surface area contributed by atoms with Crippen LogP contribution < -0.4 is 0 Å². The molecular formula is C13H19ClFNO2S. The highest BCUT2D eigenvalue weighted by molar-refractivity contribution is 7.89. The van der Waals surface area contributed by atoms with Crippen molar-refractivity contribution in [2.45, 2.75) is 44.0 Å². The average Bonchev–Trinajstić information content (AvgIpc) is 2.35. The molecule has 6 heteroatoms. The lowest BCUT2D eigenvalue weighted by Crippen LogP contribution is -2.37. The molecule has 0 aliphatic heterocycles. The monoisotopic (exact) mass is 307 g/mol. The molecule has 0 unspecified atom stereocenters. The van der Waals surface area contributed by atoms with E-state index in [-0.39, 0.29) is 16.8 Å². The van der Waals surface area contributed by atoms with Gasteiger partial charge in [-0.05, 0) is 38.0 Å². The quantitative estimate of drug-likeness (QED) is 0.756. The molecule has 0 amide bonds. The van der Waals surface area contributed by atoms with E-state index in [1.807, 2.05) is 6.92 Å². The molecule has 1 rings (SSSR count). The minimum atomic E-state index is -3.72. The van der Waals surface area contributed by atoms with Gasteiger partial charge in [0.25, 0.3) is 0 Å².